The van der Waals surface area contributed by atoms with E-state index in [0.29, 0.717) is 10.0 Å². The van der Waals surface area contributed by atoms with E-state index in [1.807, 2.05) is 6.92 Å². The predicted octanol–water partition coefficient (Wildman–Crippen LogP) is 3.06. The fourth-order valence-corrected chi connectivity index (χ4v) is 1.90. The molecular weight excluding hydrogens is 335 g/mol. The summed E-state index contributed by atoms with van der Waals surface area (Å²) in [6, 6.07) is 3.40. The number of carboxylic acids is 1. The number of aromatic carboxylic acids is 1. The highest BCUT2D eigenvalue weighted by molar-refractivity contribution is 14.1. The van der Waals surface area contributed by atoms with Crippen molar-refractivity contribution in [1.29, 1.82) is 0 Å². The summed E-state index contributed by atoms with van der Waals surface area (Å²) in [6.45, 7) is 1.94. The van der Waals surface area contributed by atoms with E-state index in [4.69, 9.17) is 5.11 Å². The van der Waals surface area contributed by atoms with Gasteiger partial charge in [-0.1, -0.05) is 6.07 Å². The predicted molar refractivity (Wildman–Crippen MR) is 58.6 cm³/mol. The molecule has 0 fully saturated rings. The number of carbonyl (C=O) groups is 1. The lowest BCUT2D eigenvalue weighted by Gasteiger charge is -2.03. The highest BCUT2D eigenvalue weighted by Gasteiger charge is 2.11. The second kappa shape index (κ2) is 3.74. The number of hydrogen-bond acceptors (Lipinski definition) is 1. The van der Waals surface area contributed by atoms with Crippen molar-refractivity contribution in [3.63, 3.8) is 0 Å². The summed E-state index contributed by atoms with van der Waals surface area (Å²) >= 11 is 5.36. The van der Waals surface area contributed by atoms with Crippen molar-refractivity contribution in [3.8, 4) is 0 Å². The maximum absolute atomic E-state index is 10.7. The second-order valence-corrected chi connectivity index (χ2v) is 4.23. The lowest BCUT2D eigenvalue weighted by Crippen LogP contribution is -1.99. The first-order chi connectivity index (χ1) is 5.54. The normalized spacial score (nSPS) is 9.92. The van der Waals surface area contributed by atoms with E-state index in [-0.39, 0.29) is 0 Å². The summed E-state index contributed by atoms with van der Waals surface area (Å²) in [7, 11) is 0. The molecule has 0 aliphatic heterocycles. The molecule has 64 valence electrons. The minimum absolute atomic E-state index is 0.310. The minimum atomic E-state index is -0.903. The van der Waals surface area contributed by atoms with Crippen LogP contribution < -0.4 is 0 Å². The van der Waals surface area contributed by atoms with Gasteiger partial charge >= 0.3 is 5.97 Å². The van der Waals surface area contributed by atoms with Crippen molar-refractivity contribution in [2.45, 2.75) is 6.92 Å². The molecule has 0 aliphatic rings. The lowest BCUT2D eigenvalue weighted by atomic mass is 10.1. The first-order valence-corrected chi connectivity index (χ1v) is 5.09. The van der Waals surface area contributed by atoms with Crippen molar-refractivity contribution < 1.29 is 9.90 Å². The third-order valence-corrected chi connectivity index (χ3v) is 4.46. The SMILES string of the molecule is Cc1ccc(C(=O)O)c(Br)c1I. The Bertz CT molecular complexity index is 336. The number of benzene rings is 1. The summed E-state index contributed by atoms with van der Waals surface area (Å²) in [6.07, 6.45) is 0. The Kier molecular flexibility index (Phi) is 3.11. The van der Waals surface area contributed by atoms with E-state index in [2.05, 4.69) is 38.5 Å². The number of carboxylic acid groups (broad SMARTS) is 1. The Labute approximate surface area is 92.2 Å². The van der Waals surface area contributed by atoms with E-state index in [9.17, 15) is 4.79 Å². The molecule has 0 aromatic heterocycles. The first kappa shape index (κ1) is 9.98. The van der Waals surface area contributed by atoms with Crippen LogP contribution in [0.25, 0.3) is 0 Å². The van der Waals surface area contributed by atoms with Gasteiger partial charge in [0.25, 0.3) is 0 Å². The van der Waals surface area contributed by atoms with Gasteiger partial charge in [0.2, 0.25) is 0 Å². The summed E-state index contributed by atoms with van der Waals surface area (Å²) in [5, 5.41) is 8.75. The van der Waals surface area contributed by atoms with Crippen LogP contribution in [0.2, 0.25) is 0 Å². The van der Waals surface area contributed by atoms with Crippen LogP contribution in [0.4, 0.5) is 0 Å². The van der Waals surface area contributed by atoms with E-state index in [1.54, 1.807) is 12.1 Å². The Morgan fingerprint density at radius 1 is 1.58 bits per heavy atom. The van der Waals surface area contributed by atoms with Crippen molar-refractivity contribution in [3.05, 3.63) is 31.3 Å². The van der Waals surface area contributed by atoms with Gasteiger partial charge in [-0.2, -0.15) is 0 Å². The summed E-state index contributed by atoms with van der Waals surface area (Å²) in [4.78, 5) is 10.7. The van der Waals surface area contributed by atoms with Gasteiger partial charge in [-0.15, -0.1) is 0 Å². The van der Waals surface area contributed by atoms with E-state index < -0.39 is 5.97 Å². The van der Waals surface area contributed by atoms with Gasteiger partial charge in [0, 0.05) is 8.04 Å². The number of halogens is 2. The van der Waals surface area contributed by atoms with Crippen LogP contribution in [0.15, 0.2) is 16.6 Å². The van der Waals surface area contributed by atoms with Crippen molar-refractivity contribution in [2.24, 2.45) is 0 Å². The maximum atomic E-state index is 10.7. The third-order valence-electron chi connectivity index (χ3n) is 1.51. The third kappa shape index (κ3) is 1.80. The zero-order chi connectivity index (χ0) is 9.30. The molecule has 0 radical (unpaired) electrons. The molecule has 0 bridgehead atoms. The molecule has 0 spiro atoms. The highest BCUT2D eigenvalue weighted by Crippen LogP contribution is 2.26. The van der Waals surface area contributed by atoms with Crippen molar-refractivity contribution in [1.82, 2.24) is 0 Å². The topological polar surface area (TPSA) is 37.3 Å². The summed E-state index contributed by atoms with van der Waals surface area (Å²) in [5.74, 6) is -0.903. The van der Waals surface area contributed by atoms with Crippen LogP contribution in [-0.4, -0.2) is 11.1 Å². The van der Waals surface area contributed by atoms with E-state index in [0.717, 1.165) is 9.13 Å². The minimum Gasteiger partial charge on any atom is -0.478 e. The zero-order valence-corrected chi connectivity index (χ0v) is 10.0. The maximum Gasteiger partial charge on any atom is 0.336 e. The Hall–Kier alpha value is -0.100. The molecule has 0 aliphatic carbocycles. The molecular formula is C8H6BrIO2. The average Bonchev–Trinajstić information content (AvgIpc) is 2.00. The molecule has 0 heterocycles. The molecule has 0 amide bonds. The largest absolute Gasteiger partial charge is 0.478 e. The quantitative estimate of drug-likeness (QED) is 0.798. The van der Waals surface area contributed by atoms with Gasteiger partial charge in [0.05, 0.1) is 5.56 Å². The van der Waals surface area contributed by atoms with E-state index in [1.165, 1.54) is 0 Å². The second-order valence-electron chi connectivity index (χ2n) is 2.36. The number of hydrogen-bond donors (Lipinski definition) is 1. The van der Waals surface area contributed by atoms with Gasteiger partial charge in [-0.3, -0.25) is 0 Å². The molecule has 4 heteroatoms. The van der Waals surface area contributed by atoms with Crippen molar-refractivity contribution in [2.75, 3.05) is 0 Å². The summed E-state index contributed by atoms with van der Waals surface area (Å²) < 4.78 is 1.61. The molecule has 1 N–H and O–H groups in total. The molecule has 0 unspecified atom stereocenters. The van der Waals surface area contributed by atoms with Gasteiger partial charge < -0.3 is 5.11 Å². The number of rotatable bonds is 1. The Morgan fingerprint density at radius 3 is 2.67 bits per heavy atom. The van der Waals surface area contributed by atoms with E-state index >= 15 is 0 Å². The van der Waals surface area contributed by atoms with Crippen LogP contribution in [-0.2, 0) is 0 Å². The first-order valence-electron chi connectivity index (χ1n) is 3.22. The van der Waals surface area contributed by atoms with Gasteiger partial charge in [0.15, 0.2) is 0 Å². The molecule has 0 saturated heterocycles. The standard InChI is InChI=1S/C8H6BrIO2/c1-4-2-3-5(8(11)12)6(9)7(4)10/h2-3H,1H3,(H,11,12). The average molecular weight is 341 g/mol. The summed E-state index contributed by atoms with van der Waals surface area (Å²) in [5.41, 5.74) is 1.39. The fourth-order valence-electron chi connectivity index (χ4n) is 0.811. The van der Waals surface area contributed by atoms with Crippen LogP contribution >= 0.6 is 38.5 Å². The Balaban J connectivity index is 3.36. The molecule has 1 aromatic rings. The molecule has 1 rings (SSSR count). The number of aryl methyl sites for hydroxylation is 1. The molecule has 12 heavy (non-hydrogen) atoms. The van der Waals surface area contributed by atoms with Crippen LogP contribution in [0, 0.1) is 10.5 Å². The highest BCUT2D eigenvalue weighted by atomic mass is 127. The molecule has 0 atom stereocenters. The van der Waals surface area contributed by atoms with Gasteiger partial charge in [-0.25, -0.2) is 4.79 Å². The zero-order valence-electron chi connectivity index (χ0n) is 6.27. The Morgan fingerprint density at radius 2 is 2.17 bits per heavy atom. The lowest BCUT2D eigenvalue weighted by molar-refractivity contribution is 0.0696. The fraction of sp³-hybridized carbons (Fsp3) is 0.125. The smallest absolute Gasteiger partial charge is 0.336 e. The van der Waals surface area contributed by atoms with Crippen LogP contribution in [0.5, 0.6) is 0 Å². The van der Waals surface area contributed by atoms with Gasteiger partial charge in [-0.05, 0) is 57.1 Å². The monoisotopic (exact) mass is 340 g/mol. The van der Waals surface area contributed by atoms with Crippen LogP contribution in [0.3, 0.4) is 0 Å². The van der Waals surface area contributed by atoms with Gasteiger partial charge in [0.1, 0.15) is 0 Å². The van der Waals surface area contributed by atoms with Crippen LogP contribution in [0.1, 0.15) is 15.9 Å². The van der Waals surface area contributed by atoms with Crippen molar-refractivity contribution >= 4 is 44.5 Å². The molecule has 0 saturated carbocycles. The molecule has 1 aromatic carbocycles. The molecule has 2 nitrogen and oxygen atoms in total.